The van der Waals surface area contributed by atoms with Gasteiger partial charge in [0.15, 0.2) is 5.75 Å². The van der Waals surface area contributed by atoms with Gasteiger partial charge in [-0.2, -0.15) is 0 Å². The molecule has 1 fully saturated rings. The smallest absolute Gasteiger partial charge is 0.343 e. The Balaban J connectivity index is 1.72. The molecule has 0 N–H and O–H groups in total. The van der Waals surface area contributed by atoms with E-state index in [1.165, 1.54) is 14.2 Å². The lowest BCUT2D eigenvalue weighted by atomic mass is 10.1. The summed E-state index contributed by atoms with van der Waals surface area (Å²) in [6.07, 6.45) is 1.67. The van der Waals surface area contributed by atoms with Crippen molar-refractivity contribution in [2.75, 3.05) is 47.4 Å². The minimum Gasteiger partial charge on any atom is -0.497 e. The summed E-state index contributed by atoms with van der Waals surface area (Å²) in [6, 6.07) is 10.5. The predicted octanol–water partition coefficient (Wildman–Crippen LogP) is 3.87. The molecule has 0 atom stereocenters. The molecule has 2 aromatic carbocycles. The second-order valence-electron chi connectivity index (χ2n) is 7.82. The van der Waals surface area contributed by atoms with Gasteiger partial charge in [0.25, 0.3) is 0 Å². The Labute approximate surface area is 192 Å². The molecule has 0 unspecified atom stereocenters. The van der Waals surface area contributed by atoms with Crippen LogP contribution < -0.4 is 14.2 Å². The summed E-state index contributed by atoms with van der Waals surface area (Å²) < 4.78 is 16.5. The van der Waals surface area contributed by atoms with Crippen LogP contribution in [-0.2, 0) is 6.54 Å². The number of nitrogens with zero attached hydrogens (tertiary/aromatic N) is 3. The maximum atomic E-state index is 13.2. The second-order valence-corrected chi connectivity index (χ2v) is 8.22. The van der Waals surface area contributed by atoms with Gasteiger partial charge in [-0.1, -0.05) is 11.6 Å². The number of halogens is 1. The average molecular weight is 456 g/mol. The fourth-order valence-corrected chi connectivity index (χ4v) is 4.07. The molecule has 1 aliphatic rings. The lowest BCUT2D eigenvalue weighted by Crippen LogP contribution is -2.43. The average Bonchev–Trinajstić information content (AvgIpc) is 2.82. The van der Waals surface area contributed by atoms with E-state index in [0.29, 0.717) is 39.9 Å². The monoisotopic (exact) mass is 455 g/mol. The molecule has 1 aliphatic heterocycles. The Kier molecular flexibility index (Phi) is 6.79. The van der Waals surface area contributed by atoms with E-state index < -0.39 is 5.97 Å². The lowest BCUT2D eigenvalue weighted by Gasteiger charge is -2.32. The predicted molar refractivity (Wildman–Crippen MR) is 124 cm³/mol. The van der Waals surface area contributed by atoms with Gasteiger partial charge in [0.05, 0.1) is 24.8 Å². The van der Waals surface area contributed by atoms with E-state index >= 15 is 0 Å². The number of esters is 1. The van der Waals surface area contributed by atoms with Crippen molar-refractivity contribution < 1.29 is 19.0 Å². The number of hydrogen-bond donors (Lipinski definition) is 0. The number of hydrogen-bond acceptors (Lipinski definition) is 7. The minimum absolute atomic E-state index is 0.325. The summed E-state index contributed by atoms with van der Waals surface area (Å²) in [5, 5.41) is 1.32. The number of methoxy groups -OCH3 is 2. The molecule has 7 nitrogen and oxygen atoms in total. The van der Waals surface area contributed by atoms with Gasteiger partial charge in [-0.15, -0.1) is 0 Å². The van der Waals surface area contributed by atoms with E-state index in [-0.39, 0.29) is 0 Å². The number of aromatic nitrogens is 1. The highest BCUT2D eigenvalue weighted by molar-refractivity contribution is 6.35. The van der Waals surface area contributed by atoms with Crippen molar-refractivity contribution in [3.8, 4) is 17.2 Å². The Morgan fingerprint density at radius 3 is 2.41 bits per heavy atom. The third-order valence-electron chi connectivity index (χ3n) is 5.64. The molecule has 0 amide bonds. The van der Waals surface area contributed by atoms with E-state index in [2.05, 4.69) is 21.8 Å². The van der Waals surface area contributed by atoms with Gasteiger partial charge in [0.2, 0.25) is 0 Å². The molecule has 0 spiro atoms. The summed E-state index contributed by atoms with van der Waals surface area (Å²) in [7, 11) is 5.19. The number of carbonyl (C=O) groups is 1. The largest absolute Gasteiger partial charge is 0.497 e. The van der Waals surface area contributed by atoms with Crippen LogP contribution in [0.15, 0.2) is 42.6 Å². The SMILES string of the molecule is COc1cc(OC)cc(C(=O)Oc2c(CN3CCN(C)CC3)cc(Cl)c3cccnc23)c1. The third-order valence-corrected chi connectivity index (χ3v) is 5.96. The van der Waals surface area contributed by atoms with E-state index in [1.54, 1.807) is 24.4 Å². The van der Waals surface area contributed by atoms with Crippen LogP contribution in [0.1, 0.15) is 15.9 Å². The summed E-state index contributed by atoms with van der Waals surface area (Å²) >= 11 is 6.57. The number of benzene rings is 2. The second kappa shape index (κ2) is 9.73. The quantitative estimate of drug-likeness (QED) is 0.413. The van der Waals surface area contributed by atoms with Crippen molar-refractivity contribution in [1.82, 2.24) is 14.8 Å². The Morgan fingerprint density at radius 2 is 1.75 bits per heavy atom. The van der Waals surface area contributed by atoms with Gasteiger partial charge in [0.1, 0.15) is 17.0 Å². The van der Waals surface area contributed by atoms with Gasteiger partial charge in [-0.3, -0.25) is 9.88 Å². The van der Waals surface area contributed by atoms with E-state index in [9.17, 15) is 4.79 Å². The van der Waals surface area contributed by atoms with Gasteiger partial charge in [-0.25, -0.2) is 4.79 Å². The van der Waals surface area contributed by atoms with Gasteiger partial charge in [0, 0.05) is 55.9 Å². The number of likely N-dealkylation sites (N-methyl/N-ethyl adjacent to an activating group) is 1. The molecule has 0 radical (unpaired) electrons. The number of rotatable bonds is 6. The zero-order chi connectivity index (χ0) is 22.7. The maximum Gasteiger partial charge on any atom is 0.343 e. The first-order valence-electron chi connectivity index (χ1n) is 10.4. The topological polar surface area (TPSA) is 64.1 Å². The fraction of sp³-hybridized carbons (Fsp3) is 0.333. The standard InChI is InChI=1S/C24H26ClN3O4/c1-27-7-9-28(10-8-27)15-17-13-21(25)20-5-4-6-26-22(20)23(17)32-24(29)16-11-18(30-2)14-19(12-16)31-3/h4-6,11-14H,7-10,15H2,1-3H3. The lowest BCUT2D eigenvalue weighted by molar-refractivity contribution is 0.0731. The first kappa shape index (κ1) is 22.3. The summed E-state index contributed by atoms with van der Waals surface area (Å²) in [4.78, 5) is 22.3. The Bertz CT molecular complexity index is 1110. The molecule has 2 heterocycles. The van der Waals surface area contributed by atoms with Crippen molar-refractivity contribution in [3.05, 3.63) is 58.7 Å². The number of carbonyl (C=O) groups excluding carboxylic acids is 1. The van der Waals surface area contributed by atoms with E-state index in [1.807, 2.05) is 18.2 Å². The Morgan fingerprint density at radius 1 is 1.06 bits per heavy atom. The van der Waals surface area contributed by atoms with Crippen LogP contribution in [0, 0.1) is 0 Å². The van der Waals surface area contributed by atoms with Crippen molar-refractivity contribution >= 4 is 28.5 Å². The maximum absolute atomic E-state index is 13.2. The third kappa shape index (κ3) is 4.80. The van der Waals surface area contributed by atoms with Crippen LogP contribution in [0.5, 0.6) is 17.2 Å². The molecule has 0 saturated carbocycles. The van der Waals surface area contributed by atoms with Crippen LogP contribution in [0.3, 0.4) is 0 Å². The summed E-state index contributed by atoms with van der Waals surface area (Å²) in [6.45, 7) is 4.43. The van der Waals surface area contributed by atoms with Crippen LogP contribution in [0.4, 0.5) is 0 Å². The minimum atomic E-state index is -0.517. The molecule has 168 valence electrons. The Hall–Kier alpha value is -2.87. The van der Waals surface area contributed by atoms with Crippen molar-refractivity contribution in [2.45, 2.75) is 6.54 Å². The molecule has 4 rings (SSSR count). The summed E-state index contributed by atoms with van der Waals surface area (Å²) in [5.41, 5.74) is 1.71. The van der Waals surface area contributed by atoms with Crippen molar-refractivity contribution in [2.24, 2.45) is 0 Å². The van der Waals surface area contributed by atoms with Crippen molar-refractivity contribution in [1.29, 1.82) is 0 Å². The molecule has 0 aliphatic carbocycles. The molecule has 0 bridgehead atoms. The zero-order valence-electron chi connectivity index (χ0n) is 18.4. The van der Waals surface area contributed by atoms with Gasteiger partial charge in [-0.05, 0) is 37.4 Å². The van der Waals surface area contributed by atoms with Crippen LogP contribution in [0.25, 0.3) is 10.9 Å². The van der Waals surface area contributed by atoms with Crippen LogP contribution >= 0.6 is 11.6 Å². The van der Waals surface area contributed by atoms with Gasteiger partial charge < -0.3 is 19.1 Å². The molecule has 32 heavy (non-hydrogen) atoms. The normalized spacial score (nSPS) is 15.0. The fourth-order valence-electron chi connectivity index (χ4n) is 3.78. The number of piperazine rings is 1. The number of fused-ring (bicyclic) bond motifs is 1. The highest BCUT2D eigenvalue weighted by Crippen LogP contribution is 2.35. The first-order valence-corrected chi connectivity index (χ1v) is 10.8. The van der Waals surface area contributed by atoms with Gasteiger partial charge >= 0.3 is 5.97 Å². The van der Waals surface area contributed by atoms with Crippen LogP contribution in [-0.4, -0.2) is 68.2 Å². The summed E-state index contributed by atoms with van der Waals surface area (Å²) in [5.74, 6) is 0.924. The van der Waals surface area contributed by atoms with Crippen molar-refractivity contribution in [3.63, 3.8) is 0 Å². The highest BCUT2D eigenvalue weighted by atomic mass is 35.5. The molecular formula is C24H26ClN3O4. The molecule has 1 saturated heterocycles. The zero-order valence-corrected chi connectivity index (χ0v) is 19.2. The van der Waals surface area contributed by atoms with E-state index in [4.69, 9.17) is 25.8 Å². The number of pyridine rings is 1. The van der Waals surface area contributed by atoms with E-state index in [0.717, 1.165) is 37.1 Å². The number of ether oxygens (including phenoxy) is 3. The first-order chi connectivity index (χ1) is 15.5. The van der Waals surface area contributed by atoms with Crippen LogP contribution in [0.2, 0.25) is 5.02 Å². The highest BCUT2D eigenvalue weighted by Gasteiger charge is 2.22. The molecule has 3 aromatic rings. The molecule has 8 heteroatoms. The molecular weight excluding hydrogens is 430 g/mol. The molecule has 1 aromatic heterocycles.